The van der Waals surface area contributed by atoms with Crippen molar-refractivity contribution < 1.29 is 14.3 Å². The van der Waals surface area contributed by atoms with Gasteiger partial charge < -0.3 is 15.0 Å². The van der Waals surface area contributed by atoms with Crippen LogP contribution in [0.15, 0.2) is 48.5 Å². The number of halogens is 1. The van der Waals surface area contributed by atoms with Crippen molar-refractivity contribution in [3.05, 3.63) is 59.1 Å². The fraction of sp³-hybridized carbons (Fsp3) is 0.263. The predicted molar refractivity (Wildman–Crippen MR) is 98.8 cm³/mol. The molecule has 0 atom stereocenters. The minimum Gasteiger partial charge on any atom is -0.484 e. The normalized spacial score (nSPS) is 10.2. The smallest absolute Gasteiger partial charge is 0.262 e. The predicted octanol–water partition coefficient (Wildman–Crippen LogP) is 3.73. The number of amides is 2. The van der Waals surface area contributed by atoms with Gasteiger partial charge in [0, 0.05) is 30.7 Å². The molecule has 0 fully saturated rings. The van der Waals surface area contributed by atoms with Crippen LogP contribution in [0.1, 0.15) is 19.4 Å². The van der Waals surface area contributed by atoms with E-state index in [9.17, 15) is 9.59 Å². The van der Waals surface area contributed by atoms with Crippen molar-refractivity contribution in [2.75, 3.05) is 18.5 Å². The van der Waals surface area contributed by atoms with Gasteiger partial charge in [-0.3, -0.25) is 9.59 Å². The van der Waals surface area contributed by atoms with Gasteiger partial charge in [-0.05, 0) is 36.8 Å². The van der Waals surface area contributed by atoms with Gasteiger partial charge in [0.15, 0.2) is 6.61 Å². The van der Waals surface area contributed by atoms with Gasteiger partial charge in [-0.2, -0.15) is 0 Å². The van der Waals surface area contributed by atoms with Crippen LogP contribution < -0.4 is 10.1 Å². The third-order valence-corrected chi connectivity index (χ3v) is 3.88. The summed E-state index contributed by atoms with van der Waals surface area (Å²) >= 11 is 5.89. The molecule has 0 bridgehead atoms. The van der Waals surface area contributed by atoms with E-state index in [2.05, 4.69) is 5.32 Å². The lowest BCUT2D eigenvalue weighted by molar-refractivity contribution is -0.129. The van der Waals surface area contributed by atoms with E-state index in [1.807, 2.05) is 25.1 Å². The third kappa shape index (κ3) is 5.80. The molecule has 0 unspecified atom stereocenters. The number of para-hydroxylation sites is 1. The molecule has 6 heteroatoms. The Morgan fingerprint density at radius 1 is 1.16 bits per heavy atom. The molecule has 2 amide bonds. The van der Waals surface area contributed by atoms with Gasteiger partial charge in [0.05, 0.1) is 0 Å². The van der Waals surface area contributed by atoms with E-state index in [0.717, 1.165) is 5.56 Å². The number of carbonyl (C=O) groups excluding carboxylic acids is 2. The molecule has 1 N–H and O–H groups in total. The van der Waals surface area contributed by atoms with Crippen LogP contribution in [0.3, 0.4) is 0 Å². The average molecular weight is 361 g/mol. The Morgan fingerprint density at radius 3 is 2.60 bits per heavy atom. The number of anilines is 1. The van der Waals surface area contributed by atoms with Crippen molar-refractivity contribution in [3.8, 4) is 5.75 Å². The topological polar surface area (TPSA) is 58.6 Å². The molecule has 5 nitrogen and oxygen atoms in total. The highest BCUT2D eigenvalue weighted by atomic mass is 35.5. The molecule has 0 aliphatic carbocycles. The SMILES string of the molecule is CCN(Cc1ccccc1NC(=O)COc1cccc(Cl)c1)C(C)=O. The molecule has 0 radical (unpaired) electrons. The Labute approximate surface area is 152 Å². The highest BCUT2D eigenvalue weighted by molar-refractivity contribution is 6.30. The van der Waals surface area contributed by atoms with E-state index in [-0.39, 0.29) is 18.4 Å². The van der Waals surface area contributed by atoms with Gasteiger partial charge in [0.2, 0.25) is 5.91 Å². The largest absolute Gasteiger partial charge is 0.484 e. The first kappa shape index (κ1) is 18.8. The quantitative estimate of drug-likeness (QED) is 0.818. The standard InChI is InChI=1S/C19H21ClN2O3/c1-3-22(14(2)23)12-15-7-4-5-10-18(15)21-19(24)13-25-17-9-6-8-16(20)11-17/h4-11H,3,12-13H2,1-2H3,(H,21,24). The Morgan fingerprint density at radius 2 is 1.92 bits per heavy atom. The van der Waals surface area contributed by atoms with Gasteiger partial charge in [-0.1, -0.05) is 35.9 Å². The van der Waals surface area contributed by atoms with Crippen molar-refractivity contribution in [1.82, 2.24) is 4.90 Å². The van der Waals surface area contributed by atoms with Crippen molar-refractivity contribution in [2.24, 2.45) is 0 Å². The summed E-state index contributed by atoms with van der Waals surface area (Å²) < 4.78 is 5.44. The molecule has 25 heavy (non-hydrogen) atoms. The van der Waals surface area contributed by atoms with Crippen molar-refractivity contribution in [3.63, 3.8) is 0 Å². The van der Waals surface area contributed by atoms with Crippen LogP contribution in [0.25, 0.3) is 0 Å². The number of rotatable bonds is 7. The molecule has 2 aromatic rings. The maximum atomic E-state index is 12.2. The van der Waals surface area contributed by atoms with Crippen LogP contribution in [0, 0.1) is 0 Å². The van der Waals surface area contributed by atoms with Gasteiger partial charge in [0.25, 0.3) is 5.91 Å². The molecule has 0 spiro atoms. The first-order chi connectivity index (χ1) is 12.0. The molecule has 0 heterocycles. The van der Waals surface area contributed by atoms with Crippen LogP contribution in [0.2, 0.25) is 5.02 Å². The van der Waals surface area contributed by atoms with E-state index in [0.29, 0.717) is 29.5 Å². The molecule has 0 aliphatic heterocycles. The van der Waals surface area contributed by atoms with Gasteiger partial charge >= 0.3 is 0 Å². The zero-order valence-electron chi connectivity index (χ0n) is 14.3. The summed E-state index contributed by atoms with van der Waals surface area (Å²) in [6, 6.07) is 14.3. The van der Waals surface area contributed by atoms with Gasteiger partial charge in [-0.15, -0.1) is 0 Å². The first-order valence-corrected chi connectivity index (χ1v) is 8.39. The summed E-state index contributed by atoms with van der Waals surface area (Å²) in [6.07, 6.45) is 0. The minimum absolute atomic E-state index is 0.00656. The van der Waals surface area contributed by atoms with Gasteiger partial charge in [-0.25, -0.2) is 0 Å². The van der Waals surface area contributed by atoms with Crippen LogP contribution >= 0.6 is 11.6 Å². The molecule has 2 aromatic carbocycles. The minimum atomic E-state index is -0.279. The summed E-state index contributed by atoms with van der Waals surface area (Å²) in [5.74, 6) is 0.246. The van der Waals surface area contributed by atoms with Crippen molar-refractivity contribution in [2.45, 2.75) is 20.4 Å². The molecule has 0 aromatic heterocycles. The Kier molecular flexibility index (Phi) is 6.83. The molecule has 0 saturated carbocycles. The highest BCUT2D eigenvalue weighted by Gasteiger charge is 2.12. The second kappa shape index (κ2) is 9.08. The lowest BCUT2D eigenvalue weighted by Gasteiger charge is -2.21. The summed E-state index contributed by atoms with van der Waals surface area (Å²) in [6.45, 7) is 4.37. The summed E-state index contributed by atoms with van der Waals surface area (Å²) in [7, 11) is 0. The molecular formula is C19H21ClN2O3. The van der Waals surface area contributed by atoms with E-state index < -0.39 is 0 Å². The number of hydrogen-bond acceptors (Lipinski definition) is 3. The fourth-order valence-electron chi connectivity index (χ4n) is 2.32. The third-order valence-electron chi connectivity index (χ3n) is 3.65. The molecule has 2 rings (SSSR count). The monoisotopic (exact) mass is 360 g/mol. The summed E-state index contributed by atoms with van der Waals surface area (Å²) in [4.78, 5) is 25.5. The maximum Gasteiger partial charge on any atom is 0.262 e. The average Bonchev–Trinajstić information content (AvgIpc) is 2.59. The number of hydrogen-bond donors (Lipinski definition) is 1. The van der Waals surface area contributed by atoms with E-state index in [4.69, 9.17) is 16.3 Å². The van der Waals surface area contributed by atoms with Crippen molar-refractivity contribution >= 4 is 29.1 Å². The number of carbonyl (C=O) groups is 2. The Balaban J connectivity index is 1.99. The number of ether oxygens (including phenoxy) is 1. The van der Waals surface area contributed by atoms with Crippen LogP contribution in [0.4, 0.5) is 5.69 Å². The number of nitrogens with zero attached hydrogens (tertiary/aromatic N) is 1. The van der Waals surface area contributed by atoms with E-state index in [1.54, 1.807) is 35.2 Å². The lowest BCUT2D eigenvalue weighted by atomic mass is 10.1. The number of nitrogens with one attached hydrogen (secondary N) is 1. The summed E-state index contributed by atoms with van der Waals surface area (Å²) in [5.41, 5.74) is 1.54. The highest BCUT2D eigenvalue weighted by Crippen LogP contribution is 2.19. The zero-order chi connectivity index (χ0) is 18.2. The van der Waals surface area contributed by atoms with Crippen LogP contribution in [-0.4, -0.2) is 29.9 Å². The lowest BCUT2D eigenvalue weighted by Crippen LogP contribution is -2.28. The van der Waals surface area contributed by atoms with Crippen LogP contribution in [0.5, 0.6) is 5.75 Å². The molecule has 0 saturated heterocycles. The molecule has 132 valence electrons. The first-order valence-electron chi connectivity index (χ1n) is 8.01. The maximum absolute atomic E-state index is 12.2. The van der Waals surface area contributed by atoms with E-state index in [1.165, 1.54) is 6.92 Å². The second-order valence-electron chi connectivity index (χ2n) is 5.48. The van der Waals surface area contributed by atoms with E-state index >= 15 is 0 Å². The van der Waals surface area contributed by atoms with Gasteiger partial charge in [0.1, 0.15) is 5.75 Å². The zero-order valence-corrected chi connectivity index (χ0v) is 15.0. The molecule has 0 aliphatic rings. The number of benzene rings is 2. The Hall–Kier alpha value is -2.53. The Bertz CT molecular complexity index is 749. The second-order valence-corrected chi connectivity index (χ2v) is 5.92. The fourth-order valence-corrected chi connectivity index (χ4v) is 2.50. The van der Waals surface area contributed by atoms with Crippen LogP contribution in [-0.2, 0) is 16.1 Å². The van der Waals surface area contributed by atoms with Crippen molar-refractivity contribution in [1.29, 1.82) is 0 Å². The molecular weight excluding hydrogens is 340 g/mol. The summed E-state index contributed by atoms with van der Waals surface area (Å²) in [5, 5.41) is 3.38.